The summed E-state index contributed by atoms with van der Waals surface area (Å²) in [6.07, 6.45) is 0.471. The molecule has 25 heavy (non-hydrogen) atoms. The highest BCUT2D eigenvalue weighted by Crippen LogP contribution is 2.31. The molecule has 0 spiro atoms. The molecule has 5 nitrogen and oxygen atoms in total. The second-order valence-corrected chi connectivity index (χ2v) is 6.08. The predicted molar refractivity (Wildman–Crippen MR) is 89.6 cm³/mol. The second-order valence-electron chi connectivity index (χ2n) is 4.86. The van der Waals surface area contributed by atoms with E-state index in [1.807, 2.05) is 0 Å². The quantitative estimate of drug-likeness (QED) is 0.679. The molecule has 0 fully saturated rings. The Morgan fingerprint density at radius 2 is 2.04 bits per heavy atom. The summed E-state index contributed by atoms with van der Waals surface area (Å²) in [4.78, 5) is 19.3. The lowest BCUT2D eigenvalue weighted by Crippen LogP contribution is -2.26. The van der Waals surface area contributed by atoms with Gasteiger partial charge in [0, 0.05) is 29.8 Å². The Hall–Kier alpha value is -2.58. The van der Waals surface area contributed by atoms with E-state index in [-0.39, 0.29) is 22.6 Å². The number of rotatable bonds is 4. The van der Waals surface area contributed by atoms with Crippen molar-refractivity contribution in [3.05, 3.63) is 64.3 Å². The number of hydrogen-bond acceptors (Lipinski definition) is 5. The molecule has 3 rings (SSSR count). The third-order valence-electron chi connectivity index (χ3n) is 3.11. The van der Waals surface area contributed by atoms with Crippen LogP contribution in [0.4, 0.5) is 13.6 Å². The molecule has 0 bridgehead atoms. The van der Waals surface area contributed by atoms with Gasteiger partial charge in [0.1, 0.15) is 5.82 Å². The highest BCUT2D eigenvalue weighted by molar-refractivity contribution is 7.11. The molecule has 0 aliphatic heterocycles. The first-order valence-electron chi connectivity index (χ1n) is 6.98. The molecule has 0 unspecified atom stereocenters. The Morgan fingerprint density at radius 3 is 2.80 bits per heavy atom. The summed E-state index contributed by atoms with van der Waals surface area (Å²) < 4.78 is 31.1. The van der Waals surface area contributed by atoms with Gasteiger partial charge in [-0.1, -0.05) is 35.1 Å². The van der Waals surface area contributed by atoms with Gasteiger partial charge in [0.25, 0.3) is 5.19 Å². The predicted octanol–water partition coefficient (Wildman–Crippen LogP) is 4.43. The molecule has 0 aliphatic carbocycles. The molecule has 9 heteroatoms. The number of ether oxygens (including phenoxy) is 1. The molecule has 0 radical (unpaired) electrons. The van der Waals surface area contributed by atoms with Gasteiger partial charge in [-0.25, -0.2) is 19.2 Å². The first-order valence-corrected chi connectivity index (χ1v) is 8.24. The Labute approximate surface area is 150 Å². The number of benzene rings is 1. The fraction of sp³-hybridized carbons (Fsp3) is 0.0625. The van der Waals surface area contributed by atoms with Gasteiger partial charge in [0.2, 0.25) is 5.95 Å². The fourth-order valence-electron chi connectivity index (χ4n) is 1.93. The van der Waals surface area contributed by atoms with Crippen molar-refractivity contribution >= 4 is 29.0 Å². The summed E-state index contributed by atoms with van der Waals surface area (Å²) in [5, 5.41) is 4.43. The zero-order valence-corrected chi connectivity index (χ0v) is 14.1. The number of nitrogens with zero attached hydrogens (tertiary/aromatic N) is 2. The molecule has 2 heterocycles. The van der Waals surface area contributed by atoms with E-state index in [0.29, 0.717) is 11.3 Å². The maximum absolute atomic E-state index is 13.2. The zero-order valence-electron chi connectivity index (χ0n) is 12.5. The third-order valence-corrected chi connectivity index (χ3v) is 4.13. The van der Waals surface area contributed by atoms with Crippen LogP contribution in [0.5, 0.6) is 5.19 Å². The summed E-state index contributed by atoms with van der Waals surface area (Å²) in [6, 6.07) is 6.85. The summed E-state index contributed by atoms with van der Waals surface area (Å²) in [6.45, 7) is 0.179. The average Bonchev–Trinajstić information content (AvgIpc) is 3.05. The Balaban J connectivity index is 1.62. The second kappa shape index (κ2) is 7.54. The maximum Gasteiger partial charge on any atom is 0.414 e. The van der Waals surface area contributed by atoms with Crippen LogP contribution in [-0.4, -0.2) is 16.1 Å². The van der Waals surface area contributed by atoms with E-state index in [1.54, 1.807) is 17.5 Å². The van der Waals surface area contributed by atoms with Crippen molar-refractivity contribution in [2.45, 2.75) is 6.54 Å². The molecule has 1 aromatic carbocycles. The van der Waals surface area contributed by atoms with Gasteiger partial charge in [-0.3, -0.25) is 0 Å². The van der Waals surface area contributed by atoms with E-state index >= 15 is 0 Å². The highest BCUT2D eigenvalue weighted by atomic mass is 35.5. The van der Waals surface area contributed by atoms with Gasteiger partial charge in [-0.15, -0.1) is 0 Å². The molecule has 2 aromatic heterocycles. The van der Waals surface area contributed by atoms with Crippen molar-refractivity contribution in [1.82, 2.24) is 15.3 Å². The van der Waals surface area contributed by atoms with Crippen LogP contribution in [0.3, 0.4) is 0 Å². The van der Waals surface area contributed by atoms with E-state index in [4.69, 9.17) is 16.3 Å². The number of aromatic nitrogens is 2. The maximum atomic E-state index is 13.2. The number of thiazole rings is 1. The van der Waals surface area contributed by atoms with E-state index in [2.05, 4.69) is 15.3 Å². The molecule has 3 aromatic rings. The summed E-state index contributed by atoms with van der Waals surface area (Å²) in [5.41, 5.74) is 1.45. The summed E-state index contributed by atoms with van der Waals surface area (Å²) >= 11 is 7.03. The van der Waals surface area contributed by atoms with Gasteiger partial charge in [-0.2, -0.15) is 4.39 Å². The average molecular weight is 382 g/mol. The summed E-state index contributed by atoms with van der Waals surface area (Å²) in [7, 11) is 0. The fourth-order valence-corrected chi connectivity index (χ4v) is 2.80. The standard InChI is InChI=1S/C16H10ClF2N3O2S/c17-12-7-20-14(19)5-11(12)13-8-25-16(22-13)24-15(23)21-6-9-1-3-10(18)4-2-9/h1-5,7-8H,6H2,(H,21,23). The van der Waals surface area contributed by atoms with Crippen LogP contribution in [0.2, 0.25) is 5.02 Å². The summed E-state index contributed by atoms with van der Waals surface area (Å²) in [5.74, 6) is -1.04. The van der Waals surface area contributed by atoms with Gasteiger partial charge >= 0.3 is 6.09 Å². The molecule has 0 saturated carbocycles. The van der Waals surface area contributed by atoms with Gasteiger partial charge < -0.3 is 10.1 Å². The van der Waals surface area contributed by atoms with Crippen molar-refractivity contribution in [3.8, 4) is 16.5 Å². The van der Waals surface area contributed by atoms with Gasteiger partial charge in [0.15, 0.2) is 0 Å². The lowest BCUT2D eigenvalue weighted by atomic mass is 10.2. The normalized spacial score (nSPS) is 10.5. The van der Waals surface area contributed by atoms with Crippen molar-refractivity contribution in [1.29, 1.82) is 0 Å². The zero-order chi connectivity index (χ0) is 17.8. The lowest BCUT2D eigenvalue weighted by Gasteiger charge is -2.04. The van der Waals surface area contributed by atoms with Crippen LogP contribution in [0.15, 0.2) is 41.9 Å². The SMILES string of the molecule is O=C(NCc1ccc(F)cc1)Oc1nc(-c2cc(F)ncc2Cl)cs1. The van der Waals surface area contributed by atoms with Crippen LogP contribution < -0.4 is 10.1 Å². The molecule has 1 amide bonds. The van der Waals surface area contributed by atoms with E-state index in [9.17, 15) is 13.6 Å². The molecular weight excluding hydrogens is 372 g/mol. The molecule has 0 atom stereocenters. The molecule has 1 N–H and O–H groups in total. The lowest BCUT2D eigenvalue weighted by molar-refractivity contribution is 0.200. The van der Waals surface area contributed by atoms with Crippen molar-refractivity contribution in [2.75, 3.05) is 0 Å². The van der Waals surface area contributed by atoms with Crippen LogP contribution in [0.25, 0.3) is 11.3 Å². The first kappa shape index (κ1) is 17.2. The van der Waals surface area contributed by atoms with Crippen LogP contribution in [0, 0.1) is 11.8 Å². The molecule has 128 valence electrons. The van der Waals surface area contributed by atoms with Crippen LogP contribution >= 0.6 is 22.9 Å². The van der Waals surface area contributed by atoms with E-state index in [0.717, 1.165) is 23.0 Å². The minimum atomic E-state index is -0.711. The Bertz CT molecular complexity index is 903. The topological polar surface area (TPSA) is 64.1 Å². The van der Waals surface area contributed by atoms with Gasteiger partial charge in [0.05, 0.1) is 10.7 Å². The van der Waals surface area contributed by atoms with Crippen molar-refractivity contribution in [3.63, 3.8) is 0 Å². The van der Waals surface area contributed by atoms with Crippen molar-refractivity contribution < 1.29 is 18.3 Å². The largest absolute Gasteiger partial charge is 0.414 e. The van der Waals surface area contributed by atoms with Gasteiger partial charge in [-0.05, 0) is 17.7 Å². The van der Waals surface area contributed by atoms with E-state index in [1.165, 1.54) is 18.3 Å². The number of halogens is 3. The minimum absolute atomic E-state index is 0.0832. The molecular formula is C16H10ClF2N3O2S. The monoisotopic (exact) mass is 381 g/mol. The third kappa shape index (κ3) is 4.49. The highest BCUT2D eigenvalue weighted by Gasteiger charge is 2.13. The molecule has 0 aliphatic rings. The van der Waals surface area contributed by atoms with Crippen LogP contribution in [-0.2, 0) is 6.54 Å². The number of carbonyl (C=O) groups is 1. The number of carbonyl (C=O) groups excluding carboxylic acids is 1. The van der Waals surface area contributed by atoms with Crippen LogP contribution in [0.1, 0.15) is 5.56 Å². The molecule has 0 saturated heterocycles. The minimum Gasteiger partial charge on any atom is -0.381 e. The first-order chi connectivity index (χ1) is 12.0. The van der Waals surface area contributed by atoms with E-state index < -0.39 is 12.0 Å². The number of pyridine rings is 1. The number of amides is 1. The van der Waals surface area contributed by atoms with Crippen molar-refractivity contribution in [2.24, 2.45) is 0 Å². The number of hydrogen-bond donors (Lipinski definition) is 1. The smallest absolute Gasteiger partial charge is 0.381 e. The number of nitrogens with one attached hydrogen (secondary N) is 1. The Morgan fingerprint density at radius 1 is 1.28 bits per heavy atom. The Kier molecular flexibility index (Phi) is 5.20.